The van der Waals surface area contributed by atoms with Gasteiger partial charge in [-0.1, -0.05) is 30.9 Å². The van der Waals surface area contributed by atoms with E-state index in [2.05, 4.69) is 11.6 Å². The van der Waals surface area contributed by atoms with Gasteiger partial charge in [0, 0.05) is 23.2 Å². The van der Waals surface area contributed by atoms with Crippen LogP contribution in [0.15, 0.2) is 79.1 Å². The Bertz CT molecular complexity index is 1480. The van der Waals surface area contributed by atoms with E-state index in [9.17, 15) is 4.79 Å². The molecule has 6 nitrogen and oxygen atoms in total. The Balaban J connectivity index is 1.63. The van der Waals surface area contributed by atoms with Crippen molar-refractivity contribution in [3.63, 3.8) is 0 Å². The minimum Gasteiger partial charge on any atom is -0.495 e. The summed E-state index contributed by atoms with van der Waals surface area (Å²) in [6.07, 6.45) is 15.1. The number of hydrogen-bond donors (Lipinski definition) is 0. The molecular weight excluding hydrogens is 490 g/mol. The van der Waals surface area contributed by atoms with Crippen molar-refractivity contribution in [2.45, 2.75) is 39.2 Å². The number of ketones is 1. The molecule has 1 aliphatic rings. The van der Waals surface area contributed by atoms with Crippen LogP contribution in [0.25, 0.3) is 17.0 Å². The number of rotatable bonds is 11. The first-order valence-electron chi connectivity index (χ1n) is 13.0. The van der Waals surface area contributed by atoms with Crippen molar-refractivity contribution in [1.29, 1.82) is 0 Å². The highest BCUT2D eigenvalue weighted by Gasteiger charge is 2.27. The minimum atomic E-state index is -0.432. The topological polar surface area (TPSA) is 66.9 Å². The fourth-order valence-corrected chi connectivity index (χ4v) is 4.53. The molecule has 1 aliphatic heterocycles. The van der Waals surface area contributed by atoms with Crippen LogP contribution in [0.3, 0.4) is 0 Å². The second-order valence-electron chi connectivity index (χ2n) is 9.73. The number of fused-ring (bicyclic) bond motifs is 2. The molecule has 0 N–H and O–H groups in total. The van der Waals surface area contributed by atoms with E-state index < -0.39 is 5.60 Å². The maximum absolute atomic E-state index is 13.9. The van der Waals surface area contributed by atoms with Crippen LogP contribution in [-0.4, -0.2) is 37.2 Å². The molecule has 4 rings (SSSR count). The lowest BCUT2D eigenvalue weighted by molar-refractivity contribution is 0.103. The first-order valence-corrected chi connectivity index (χ1v) is 13.0. The van der Waals surface area contributed by atoms with Crippen molar-refractivity contribution in [2.75, 3.05) is 20.8 Å². The monoisotopic (exact) mass is 525 g/mol. The summed E-state index contributed by atoms with van der Waals surface area (Å²) in [5, 5.41) is 0.669. The molecule has 0 radical (unpaired) electrons. The van der Waals surface area contributed by atoms with Gasteiger partial charge in [0.05, 0.1) is 37.5 Å². The fourth-order valence-electron chi connectivity index (χ4n) is 4.53. The van der Waals surface area contributed by atoms with E-state index in [1.165, 1.54) is 0 Å². The predicted molar refractivity (Wildman–Crippen MR) is 156 cm³/mol. The van der Waals surface area contributed by atoms with Crippen LogP contribution < -0.4 is 18.9 Å². The van der Waals surface area contributed by atoms with Crippen LogP contribution in [0.1, 0.15) is 55.1 Å². The molecule has 2 heterocycles. The number of aromatic nitrogens is 1. The van der Waals surface area contributed by atoms with Gasteiger partial charge >= 0.3 is 0 Å². The molecule has 6 heteroatoms. The molecule has 0 saturated carbocycles. The standard InChI is InChI=1S/C33H35NO5/c1-7-9-11-22(8-2)12-10-19-38-30-21-27-26(20-29(30)36-5)23(16-18-34-27)31(35)25-13-14-28-24(32(25)37-6)15-17-33(3,4)39-28/h7-9,11,13-18,20-21H,2,10,12,19H2,1,3-6H3/b9-7-,22-11+. The van der Waals surface area contributed by atoms with E-state index in [0.717, 1.165) is 24.0 Å². The molecule has 0 amide bonds. The number of allylic oxidation sites excluding steroid dienone is 5. The zero-order chi connectivity index (χ0) is 28.0. The normalized spacial score (nSPS) is 14.1. The van der Waals surface area contributed by atoms with Gasteiger partial charge in [0.2, 0.25) is 0 Å². The summed E-state index contributed by atoms with van der Waals surface area (Å²) in [5.74, 6) is 2.09. The molecule has 39 heavy (non-hydrogen) atoms. The lowest BCUT2D eigenvalue weighted by Crippen LogP contribution is -2.27. The van der Waals surface area contributed by atoms with Gasteiger partial charge in [-0.15, -0.1) is 0 Å². The van der Waals surface area contributed by atoms with Crippen LogP contribution in [0.4, 0.5) is 0 Å². The van der Waals surface area contributed by atoms with Crippen molar-refractivity contribution >= 4 is 22.8 Å². The molecule has 0 saturated heterocycles. The van der Waals surface area contributed by atoms with Crippen LogP contribution in [0.5, 0.6) is 23.0 Å². The first-order chi connectivity index (χ1) is 18.8. The van der Waals surface area contributed by atoms with Gasteiger partial charge in [0.1, 0.15) is 17.1 Å². The van der Waals surface area contributed by atoms with Crippen molar-refractivity contribution in [3.8, 4) is 23.0 Å². The van der Waals surface area contributed by atoms with Crippen molar-refractivity contribution < 1.29 is 23.7 Å². The number of carbonyl (C=O) groups is 1. The third-order valence-corrected chi connectivity index (χ3v) is 6.53. The maximum atomic E-state index is 13.9. The number of nitrogens with zero attached hydrogens (tertiary/aromatic N) is 1. The summed E-state index contributed by atoms with van der Waals surface area (Å²) in [6.45, 7) is 10.3. The number of methoxy groups -OCH3 is 2. The van der Waals surface area contributed by atoms with E-state index in [4.69, 9.17) is 18.9 Å². The van der Waals surface area contributed by atoms with E-state index in [-0.39, 0.29) is 5.78 Å². The minimum absolute atomic E-state index is 0.180. The average molecular weight is 526 g/mol. The third-order valence-electron chi connectivity index (χ3n) is 6.53. The molecule has 0 atom stereocenters. The molecule has 202 valence electrons. The summed E-state index contributed by atoms with van der Waals surface area (Å²) in [7, 11) is 3.15. The molecule has 0 bridgehead atoms. The van der Waals surface area contributed by atoms with Crippen LogP contribution in [-0.2, 0) is 0 Å². The number of benzene rings is 2. The molecule has 0 unspecified atom stereocenters. The zero-order valence-corrected chi connectivity index (χ0v) is 23.2. The van der Waals surface area contributed by atoms with Crippen LogP contribution in [0.2, 0.25) is 0 Å². The Labute approximate surface area is 230 Å². The lowest BCUT2D eigenvalue weighted by atomic mass is 9.94. The summed E-state index contributed by atoms with van der Waals surface area (Å²) >= 11 is 0. The van der Waals surface area contributed by atoms with Crippen LogP contribution in [0, 0.1) is 0 Å². The summed E-state index contributed by atoms with van der Waals surface area (Å²) < 4.78 is 23.5. The predicted octanol–water partition coefficient (Wildman–Crippen LogP) is 7.51. The molecule has 0 spiro atoms. The van der Waals surface area contributed by atoms with Gasteiger partial charge in [-0.3, -0.25) is 9.78 Å². The van der Waals surface area contributed by atoms with Crippen molar-refractivity contribution in [3.05, 3.63) is 95.8 Å². The largest absolute Gasteiger partial charge is 0.495 e. The van der Waals surface area contributed by atoms with Crippen molar-refractivity contribution in [2.24, 2.45) is 0 Å². The SMILES string of the molecule is C=C/C(=C\C=C/C)CCCOc1cc2nccc(C(=O)c3ccc4c(c3OC)C=CC(C)(C)O4)c2cc1OC. The van der Waals surface area contributed by atoms with Gasteiger partial charge in [0.15, 0.2) is 17.3 Å². The third kappa shape index (κ3) is 6.06. The summed E-state index contributed by atoms with van der Waals surface area (Å²) in [5.41, 5.74) is 3.04. The van der Waals surface area contributed by atoms with Gasteiger partial charge in [-0.25, -0.2) is 0 Å². The smallest absolute Gasteiger partial charge is 0.197 e. The Kier molecular flexibility index (Phi) is 8.55. The Morgan fingerprint density at radius 3 is 2.64 bits per heavy atom. The van der Waals surface area contributed by atoms with Gasteiger partial charge in [-0.05, 0) is 75.6 Å². The molecule has 0 aliphatic carbocycles. The molecule has 1 aromatic heterocycles. The first kappa shape index (κ1) is 27.7. The second-order valence-corrected chi connectivity index (χ2v) is 9.73. The van der Waals surface area contributed by atoms with Gasteiger partial charge in [-0.2, -0.15) is 0 Å². The lowest BCUT2D eigenvalue weighted by Gasteiger charge is -2.29. The van der Waals surface area contributed by atoms with E-state index >= 15 is 0 Å². The summed E-state index contributed by atoms with van der Waals surface area (Å²) in [6, 6.07) is 8.91. The second kappa shape index (κ2) is 12.0. The van der Waals surface area contributed by atoms with Gasteiger partial charge in [0.25, 0.3) is 0 Å². The Hall–Kier alpha value is -4.32. The Morgan fingerprint density at radius 2 is 1.92 bits per heavy atom. The quantitative estimate of drug-likeness (QED) is 0.147. The molecular formula is C33H35NO5. The fraction of sp³-hybridized carbons (Fsp3) is 0.273. The number of carbonyl (C=O) groups excluding carboxylic acids is 1. The highest BCUT2D eigenvalue weighted by atomic mass is 16.5. The number of hydrogen-bond acceptors (Lipinski definition) is 6. The zero-order valence-electron chi connectivity index (χ0n) is 23.2. The maximum Gasteiger partial charge on any atom is 0.197 e. The summed E-state index contributed by atoms with van der Waals surface area (Å²) in [4.78, 5) is 18.4. The van der Waals surface area contributed by atoms with E-state index in [1.54, 1.807) is 32.5 Å². The average Bonchev–Trinajstić information content (AvgIpc) is 2.94. The molecule has 0 fully saturated rings. The number of ether oxygens (including phenoxy) is 4. The van der Waals surface area contributed by atoms with Crippen molar-refractivity contribution in [1.82, 2.24) is 4.98 Å². The molecule has 3 aromatic rings. The van der Waals surface area contributed by atoms with Crippen LogP contribution >= 0.6 is 0 Å². The van der Waals surface area contributed by atoms with E-state index in [0.29, 0.717) is 51.6 Å². The highest BCUT2D eigenvalue weighted by molar-refractivity contribution is 6.18. The Morgan fingerprint density at radius 1 is 1.10 bits per heavy atom. The highest BCUT2D eigenvalue weighted by Crippen LogP contribution is 2.40. The molecule has 2 aromatic carbocycles. The number of pyridine rings is 1. The van der Waals surface area contributed by atoms with Gasteiger partial charge < -0.3 is 18.9 Å². The van der Waals surface area contributed by atoms with E-state index in [1.807, 2.05) is 75.4 Å².